The van der Waals surface area contributed by atoms with Crippen LogP contribution in [0.1, 0.15) is 20.9 Å². The number of benzene rings is 1. The molecule has 0 aliphatic carbocycles. The Labute approximate surface area is 178 Å². The number of hydrogen-bond acceptors (Lipinski definition) is 7. The van der Waals surface area contributed by atoms with Gasteiger partial charge in [-0.2, -0.15) is 0 Å². The molecule has 0 unspecified atom stereocenters. The Morgan fingerprint density at radius 3 is 2.72 bits per heavy atom. The van der Waals surface area contributed by atoms with Gasteiger partial charge in [0, 0.05) is 48.5 Å². The monoisotopic (exact) mass is 429 g/mol. The maximum atomic E-state index is 13.0. The molecule has 0 atom stereocenters. The van der Waals surface area contributed by atoms with Crippen LogP contribution in [-0.2, 0) is 13.2 Å². The Kier molecular flexibility index (Phi) is 6.43. The third-order valence-electron chi connectivity index (χ3n) is 4.89. The van der Waals surface area contributed by atoms with E-state index in [2.05, 4.69) is 27.4 Å². The first kappa shape index (κ1) is 19.9. The highest BCUT2D eigenvalue weighted by Gasteiger charge is 2.23. The molecular formula is C21H23N3O3S2. The second-order valence-electron chi connectivity index (χ2n) is 6.78. The molecule has 2 aromatic heterocycles. The molecule has 3 heterocycles. The number of methoxy groups -OCH3 is 1. The molecule has 1 fully saturated rings. The molecule has 0 radical (unpaired) electrons. The average molecular weight is 430 g/mol. The third kappa shape index (κ3) is 4.95. The number of rotatable bonds is 7. The molecule has 29 heavy (non-hydrogen) atoms. The molecule has 0 bridgehead atoms. The summed E-state index contributed by atoms with van der Waals surface area (Å²) in [6.45, 7) is 4.56. The van der Waals surface area contributed by atoms with Crippen LogP contribution in [0.4, 0.5) is 0 Å². The number of ether oxygens (including phenoxy) is 2. The number of amides is 1. The predicted octanol–water partition coefficient (Wildman–Crippen LogP) is 3.75. The van der Waals surface area contributed by atoms with Crippen LogP contribution in [0.25, 0.3) is 0 Å². The lowest BCUT2D eigenvalue weighted by molar-refractivity contribution is 0.0629. The highest BCUT2D eigenvalue weighted by atomic mass is 32.1. The number of thiazole rings is 1. The van der Waals surface area contributed by atoms with E-state index in [1.165, 1.54) is 16.2 Å². The zero-order chi connectivity index (χ0) is 20.1. The largest absolute Gasteiger partial charge is 0.493 e. The molecule has 6 nitrogen and oxygen atoms in total. The summed E-state index contributed by atoms with van der Waals surface area (Å²) in [5, 5.41) is 4.05. The number of nitrogens with zero attached hydrogens (tertiary/aromatic N) is 3. The van der Waals surface area contributed by atoms with E-state index in [-0.39, 0.29) is 5.91 Å². The van der Waals surface area contributed by atoms with Crippen LogP contribution >= 0.6 is 22.7 Å². The summed E-state index contributed by atoms with van der Waals surface area (Å²) in [7, 11) is 1.59. The van der Waals surface area contributed by atoms with Crippen molar-refractivity contribution in [2.75, 3.05) is 33.3 Å². The van der Waals surface area contributed by atoms with E-state index in [1.807, 2.05) is 10.3 Å². The number of aromatic nitrogens is 1. The van der Waals surface area contributed by atoms with Crippen molar-refractivity contribution in [3.8, 4) is 11.5 Å². The van der Waals surface area contributed by atoms with Crippen molar-refractivity contribution in [3.05, 3.63) is 62.7 Å². The smallest absolute Gasteiger partial charge is 0.254 e. The minimum Gasteiger partial charge on any atom is -0.493 e. The Hall–Kier alpha value is -2.42. The van der Waals surface area contributed by atoms with Crippen molar-refractivity contribution < 1.29 is 14.3 Å². The molecule has 1 saturated heterocycles. The molecule has 1 aliphatic heterocycles. The first-order valence-electron chi connectivity index (χ1n) is 9.45. The zero-order valence-electron chi connectivity index (χ0n) is 16.2. The fourth-order valence-electron chi connectivity index (χ4n) is 3.29. The highest BCUT2D eigenvalue weighted by molar-refractivity contribution is 7.09. The summed E-state index contributed by atoms with van der Waals surface area (Å²) in [5.74, 6) is 1.20. The van der Waals surface area contributed by atoms with E-state index >= 15 is 0 Å². The summed E-state index contributed by atoms with van der Waals surface area (Å²) in [6.07, 6.45) is 0. The van der Waals surface area contributed by atoms with Gasteiger partial charge in [-0.3, -0.25) is 9.69 Å². The van der Waals surface area contributed by atoms with Crippen LogP contribution in [0, 0.1) is 0 Å². The van der Waals surface area contributed by atoms with Crippen molar-refractivity contribution >= 4 is 28.6 Å². The van der Waals surface area contributed by atoms with Crippen molar-refractivity contribution in [2.45, 2.75) is 13.2 Å². The molecule has 0 spiro atoms. The third-order valence-corrected chi connectivity index (χ3v) is 6.39. The van der Waals surface area contributed by atoms with Gasteiger partial charge in [0.2, 0.25) is 0 Å². The normalized spacial score (nSPS) is 14.7. The Morgan fingerprint density at radius 2 is 2.03 bits per heavy atom. The fourth-order valence-corrected chi connectivity index (χ4v) is 4.58. The first-order valence-corrected chi connectivity index (χ1v) is 11.3. The van der Waals surface area contributed by atoms with E-state index in [1.54, 1.807) is 42.2 Å². The predicted molar refractivity (Wildman–Crippen MR) is 115 cm³/mol. The van der Waals surface area contributed by atoms with Gasteiger partial charge in [0.1, 0.15) is 6.61 Å². The van der Waals surface area contributed by atoms with E-state index in [4.69, 9.17) is 9.47 Å². The molecule has 152 valence electrons. The zero-order valence-corrected chi connectivity index (χ0v) is 17.9. The molecule has 4 rings (SSSR count). The number of hydrogen-bond donors (Lipinski definition) is 0. The lowest BCUT2D eigenvalue weighted by Gasteiger charge is -2.34. The van der Waals surface area contributed by atoms with Gasteiger partial charge in [-0.25, -0.2) is 4.98 Å². The Balaban J connectivity index is 1.35. The van der Waals surface area contributed by atoms with Gasteiger partial charge in [-0.1, -0.05) is 6.07 Å². The van der Waals surface area contributed by atoms with Gasteiger partial charge in [0.25, 0.3) is 5.91 Å². The van der Waals surface area contributed by atoms with Crippen LogP contribution < -0.4 is 9.47 Å². The standard InChI is InChI=1S/C21H23N3O3S2/c1-26-20-11-16(4-5-19(20)27-13-17-14-28-15-22-17)21(25)24-8-6-23(7-9-24)12-18-3-2-10-29-18/h2-5,10-11,14-15H,6-9,12-13H2,1H3. The summed E-state index contributed by atoms with van der Waals surface area (Å²) in [6, 6.07) is 9.60. The van der Waals surface area contributed by atoms with E-state index in [0.29, 0.717) is 23.7 Å². The van der Waals surface area contributed by atoms with Gasteiger partial charge in [0.05, 0.1) is 18.3 Å². The van der Waals surface area contributed by atoms with Crippen molar-refractivity contribution in [1.82, 2.24) is 14.8 Å². The summed E-state index contributed by atoms with van der Waals surface area (Å²) < 4.78 is 11.3. The Morgan fingerprint density at radius 1 is 1.17 bits per heavy atom. The van der Waals surface area contributed by atoms with E-state index < -0.39 is 0 Å². The Bertz CT molecular complexity index is 921. The van der Waals surface area contributed by atoms with Gasteiger partial charge in [0.15, 0.2) is 11.5 Å². The lowest BCUT2D eigenvalue weighted by atomic mass is 10.1. The fraction of sp³-hybridized carbons (Fsp3) is 0.333. The number of piperazine rings is 1. The maximum absolute atomic E-state index is 13.0. The molecule has 3 aromatic rings. The molecule has 1 aromatic carbocycles. The highest BCUT2D eigenvalue weighted by Crippen LogP contribution is 2.29. The van der Waals surface area contributed by atoms with Gasteiger partial charge in [-0.15, -0.1) is 22.7 Å². The minimum absolute atomic E-state index is 0.0325. The van der Waals surface area contributed by atoms with Crippen LogP contribution in [-0.4, -0.2) is 54.0 Å². The van der Waals surface area contributed by atoms with Crippen molar-refractivity contribution in [3.63, 3.8) is 0 Å². The second-order valence-corrected chi connectivity index (χ2v) is 8.53. The number of carbonyl (C=O) groups excluding carboxylic acids is 1. The second kappa shape index (κ2) is 9.39. The van der Waals surface area contributed by atoms with Gasteiger partial charge < -0.3 is 14.4 Å². The molecular weight excluding hydrogens is 406 g/mol. The summed E-state index contributed by atoms with van der Waals surface area (Å²) >= 11 is 3.31. The summed E-state index contributed by atoms with van der Waals surface area (Å²) in [5.41, 5.74) is 3.27. The SMILES string of the molecule is COc1cc(C(=O)N2CCN(Cc3cccs3)CC2)ccc1OCc1cscn1. The van der Waals surface area contributed by atoms with Gasteiger partial charge >= 0.3 is 0 Å². The topological polar surface area (TPSA) is 54.9 Å². The van der Waals surface area contributed by atoms with E-state index in [9.17, 15) is 4.79 Å². The number of thiophene rings is 1. The summed E-state index contributed by atoms with van der Waals surface area (Å²) in [4.78, 5) is 22.8. The average Bonchev–Trinajstić information content (AvgIpc) is 3.46. The quantitative estimate of drug-likeness (QED) is 0.573. The molecule has 1 amide bonds. The molecule has 0 saturated carbocycles. The van der Waals surface area contributed by atoms with Crippen molar-refractivity contribution in [2.24, 2.45) is 0 Å². The molecule has 8 heteroatoms. The van der Waals surface area contributed by atoms with Gasteiger partial charge in [-0.05, 0) is 29.6 Å². The first-order chi connectivity index (χ1) is 14.2. The minimum atomic E-state index is 0.0325. The van der Waals surface area contributed by atoms with Crippen molar-refractivity contribution in [1.29, 1.82) is 0 Å². The maximum Gasteiger partial charge on any atom is 0.254 e. The lowest BCUT2D eigenvalue weighted by Crippen LogP contribution is -2.48. The molecule has 0 N–H and O–H groups in total. The van der Waals surface area contributed by atoms with Crippen LogP contribution in [0.15, 0.2) is 46.6 Å². The van der Waals surface area contributed by atoms with Crippen LogP contribution in [0.2, 0.25) is 0 Å². The number of carbonyl (C=O) groups is 1. The van der Waals surface area contributed by atoms with Crippen LogP contribution in [0.3, 0.4) is 0 Å². The molecule has 1 aliphatic rings. The van der Waals surface area contributed by atoms with Crippen LogP contribution in [0.5, 0.6) is 11.5 Å². The van der Waals surface area contributed by atoms with E-state index in [0.717, 1.165) is 38.4 Å².